The van der Waals surface area contributed by atoms with Gasteiger partial charge < -0.3 is 20.1 Å². The van der Waals surface area contributed by atoms with Gasteiger partial charge in [0, 0.05) is 12.0 Å². The van der Waals surface area contributed by atoms with Crippen molar-refractivity contribution in [1.29, 1.82) is 0 Å². The number of rotatable bonds is 6. The van der Waals surface area contributed by atoms with E-state index in [-0.39, 0.29) is 25.3 Å². The Bertz CT molecular complexity index is 1100. The molecule has 2 aromatic carbocycles. The molecule has 0 aliphatic carbocycles. The molecule has 4 amide bonds. The summed E-state index contributed by atoms with van der Waals surface area (Å²) in [5.74, 6) is -1.05. The Morgan fingerprint density at radius 3 is 2.45 bits per heavy atom. The lowest BCUT2D eigenvalue weighted by Gasteiger charge is -2.31. The van der Waals surface area contributed by atoms with Crippen LogP contribution in [-0.4, -0.2) is 52.6 Å². The zero-order chi connectivity index (χ0) is 23.9. The van der Waals surface area contributed by atoms with Crippen molar-refractivity contribution in [2.75, 3.05) is 18.1 Å². The van der Waals surface area contributed by atoms with Crippen LogP contribution < -0.4 is 15.0 Å². The number of aryl methyl sites for hydroxylation is 1. The fourth-order valence-corrected chi connectivity index (χ4v) is 4.47. The van der Waals surface area contributed by atoms with E-state index in [1.54, 1.807) is 57.2 Å². The quantitative estimate of drug-likeness (QED) is 0.653. The van der Waals surface area contributed by atoms with E-state index in [9.17, 15) is 18.8 Å². The highest BCUT2D eigenvalue weighted by Crippen LogP contribution is 2.40. The normalized spacial score (nSPS) is 22.2. The molecule has 174 valence electrons. The van der Waals surface area contributed by atoms with Crippen LogP contribution in [0, 0.1) is 12.7 Å². The number of aliphatic hydroxyl groups excluding tert-OH is 1. The first-order chi connectivity index (χ1) is 15.6. The zero-order valence-corrected chi connectivity index (χ0v) is 18.7. The molecule has 2 aromatic rings. The molecule has 0 bridgehead atoms. The van der Waals surface area contributed by atoms with Gasteiger partial charge in [-0.15, -0.1) is 0 Å². The molecule has 2 aliphatic heterocycles. The van der Waals surface area contributed by atoms with Crippen molar-refractivity contribution < 1.29 is 28.6 Å². The topological polar surface area (TPSA) is 99.2 Å². The summed E-state index contributed by atoms with van der Waals surface area (Å²) in [5.41, 5.74) is 0.586. The van der Waals surface area contributed by atoms with E-state index < -0.39 is 41.3 Å². The molecule has 0 radical (unpaired) electrons. The Balaban J connectivity index is 1.58. The molecule has 0 aromatic heterocycles. The lowest BCUT2D eigenvalue weighted by atomic mass is 9.98. The smallest absolute Gasteiger partial charge is 0.325 e. The van der Waals surface area contributed by atoms with Gasteiger partial charge in [-0.05, 0) is 56.2 Å². The summed E-state index contributed by atoms with van der Waals surface area (Å²) in [5, 5.41) is 11.5. The van der Waals surface area contributed by atoms with Crippen molar-refractivity contribution in [2.45, 2.75) is 44.8 Å². The lowest BCUT2D eigenvalue weighted by Crippen LogP contribution is -2.46. The lowest BCUT2D eigenvalue weighted by molar-refractivity contribution is -0.133. The number of benzene rings is 2. The number of ether oxygens (including phenoxy) is 1. The molecule has 2 N–H and O–H groups in total. The maximum Gasteiger partial charge on any atom is 0.325 e. The highest BCUT2D eigenvalue weighted by molar-refractivity contribution is 6.11. The van der Waals surface area contributed by atoms with Gasteiger partial charge in [-0.3, -0.25) is 9.59 Å². The van der Waals surface area contributed by atoms with Crippen molar-refractivity contribution in [3.05, 3.63) is 59.4 Å². The Labute approximate surface area is 190 Å². The second kappa shape index (κ2) is 8.47. The van der Waals surface area contributed by atoms with Gasteiger partial charge in [0.1, 0.15) is 30.3 Å². The highest BCUT2D eigenvalue weighted by Gasteiger charge is 2.54. The fourth-order valence-electron chi connectivity index (χ4n) is 4.47. The molecule has 2 fully saturated rings. The fraction of sp³-hybridized carbons (Fsp3) is 0.375. The van der Waals surface area contributed by atoms with Crippen LogP contribution in [0.1, 0.15) is 37.4 Å². The van der Waals surface area contributed by atoms with Crippen molar-refractivity contribution in [1.82, 2.24) is 10.2 Å². The zero-order valence-electron chi connectivity index (χ0n) is 18.7. The predicted octanol–water partition coefficient (Wildman–Crippen LogP) is 2.68. The molecule has 2 aliphatic rings. The minimum Gasteiger partial charge on any atom is -0.491 e. The van der Waals surface area contributed by atoms with Crippen LogP contribution in [0.2, 0.25) is 0 Å². The number of imide groups is 1. The summed E-state index contributed by atoms with van der Waals surface area (Å²) < 4.78 is 20.0. The van der Waals surface area contributed by atoms with Crippen LogP contribution in [0.15, 0.2) is 42.5 Å². The molecule has 4 rings (SSSR count). The van der Waals surface area contributed by atoms with Crippen LogP contribution in [0.4, 0.5) is 14.9 Å². The number of hydrogen-bond acceptors (Lipinski definition) is 5. The maximum atomic E-state index is 14.7. The molecule has 1 unspecified atom stereocenters. The number of anilines is 1. The van der Waals surface area contributed by atoms with Crippen LogP contribution in [0.3, 0.4) is 0 Å². The number of nitrogens with zero attached hydrogens (tertiary/aromatic N) is 2. The highest BCUT2D eigenvalue weighted by atomic mass is 19.1. The standard InChI is InChI=1S/C24H26FN3O5/c1-14-4-9-18(17(25)12-14)28-21(30)19(13-24(28,2)3)27-22(31)20(26-23(27)32)15-5-7-16(8-6-15)33-11-10-29/h4-9,12,19-20,29H,10-11,13H2,1-3H3,(H,26,32)/t19?,20-/m1/s1. The number of amides is 4. The summed E-state index contributed by atoms with van der Waals surface area (Å²) in [6.45, 7) is 5.34. The van der Waals surface area contributed by atoms with Gasteiger partial charge in [-0.1, -0.05) is 18.2 Å². The average molecular weight is 455 g/mol. The SMILES string of the molecule is Cc1ccc(N2C(=O)C(N3C(=O)N[C@H](c4ccc(OCCO)cc4)C3=O)CC2(C)C)c(F)c1. The van der Waals surface area contributed by atoms with Gasteiger partial charge in [0.2, 0.25) is 0 Å². The summed E-state index contributed by atoms with van der Waals surface area (Å²) in [4.78, 5) is 41.6. The summed E-state index contributed by atoms with van der Waals surface area (Å²) in [6, 6.07) is 8.54. The van der Waals surface area contributed by atoms with Crippen molar-refractivity contribution >= 4 is 23.5 Å². The Hall–Kier alpha value is -3.46. The number of carbonyl (C=O) groups excluding carboxylic acids is 3. The van der Waals surface area contributed by atoms with E-state index in [2.05, 4.69) is 5.32 Å². The molecule has 9 heteroatoms. The first-order valence-corrected chi connectivity index (χ1v) is 10.7. The van der Waals surface area contributed by atoms with Gasteiger partial charge >= 0.3 is 6.03 Å². The molecule has 2 atom stereocenters. The summed E-state index contributed by atoms with van der Waals surface area (Å²) in [6.07, 6.45) is 0.180. The Morgan fingerprint density at radius 2 is 1.82 bits per heavy atom. The van der Waals surface area contributed by atoms with Gasteiger partial charge in [0.25, 0.3) is 11.8 Å². The number of urea groups is 1. The Kier molecular flexibility index (Phi) is 5.84. The molecule has 8 nitrogen and oxygen atoms in total. The van der Waals surface area contributed by atoms with Crippen molar-refractivity contribution in [3.8, 4) is 5.75 Å². The maximum absolute atomic E-state index is 14.7. The van der Waals surface area contributed by atoms with E-state index in [0.29, 0.717) is 11.3 Å². The Morgan fingerprint density at radius 1 is 1.12 bits per heavy atom. The number of carbonyl (C=O) groups is 3. The molecule has 2 heterocycles. The summed E-state index contributed by atoms with van der Waals surface area (Å²) in [7, 11) is 0. The van der Waals surface area contributed by atoms with Gasteiger partial charge in [0.15, 0.2) is 0 Å². The molecule has 2 saturated heterocycles. The number of halogens is 1. The van der Waals surface area contributed by atoms with Crippen LogP contribution >= 0.6 is 0 Å². The number of nitrogens with one attached hydrogen (secondary N) is 1. The molecular formula is C24H26FN3O5. The van der Waals surface area contributed by atoms with Crippen LogP contribution in [-0.2, 0) is 9.59 Å². The van der Waals surface area contributed by atoms with Gasteiger partial charge in [-0.2, -0.15) is 0 Å². The molecule has 0 saturated carbocycles. The number of hydrogen-bond donors (Lipinski definition) is 2. The van der Waals surface area contributed by atoms with E-state index in [4.69, 9.17) is 9.84 Å². The van der Waals surface area contributed by atoms with Crippen molar-refractivity contribution in [2.24, 2.45) is 0 Å². The molecule has 0 spiro atoms. The minimum atomic E-state index is -1.04. The second-order valence-electron chi connectivity index (χ2n) is 8.89. The monoisotopic (exact) mass is 455 g/mol. The van der Waals surface area contributed by atoms with Crippen molar-refractivity contribution in [3.63, 3.8) is 0 Å². The largest absolute Gasteiger partial charge is 0.491 e. The third kappa shape index (κ3) is 4.04. The van der Waals surface area contributed by atoms with Crippen LogP contribution in [0.25, 0.3) is 0 Å². The van der Waals surface area contributed by atoms with E-state index in [1.165, 1.54) is 11.0 Å². The first kappa shape index (κ1) is 22.7. The molecular weight excluding hydrogens is 429 g/mol. The van der Waals surface area contributed by atoms with E-state index in [0.717, 1.165) is 10.5 Å². The third-order valence-corrected chi connectivity index (χ3v) is 6.00. The minimum absolute atomic E-state index is 0.122. The second-order valence-corrected chi connectivity index (χ2v) is 8.89. The first-order valence-electron chi connectivity index (χ1n) is 10.7. The third-order valence-electron chi connectivity index (χ3n) is 6.00. The van der Waals surface area contributed by atoms with Gasteiger partial charge in [0.05, 0.1) is 12.3 Å². The predicted molar refractivity (Wildman–Crippen MR) is 118 cm³/mol. The van der Waals surface area contributed by atoms with Crippen LogP contribution in [0.5, 0.6) is 5.75 Å². The van der Waals surface area contributed by atoms with Gasteiger partial charge in [-0.25, -0.2) is 14.1 Å². The van der Waals surface area contributed by atoms with E-state index >= 15 is 0 Å². The number of aliphatic hydroxyl groups is 1. The molecule has 33 heavy (non-hydrogen) atoms. The average Bonchev–Trinajstić information content (AvgIpc) is 3.18. The van der Waals surface area contributed by atoms with E-state index in [1.807, 2.05) is 0 Å². The summed E-state index contributed by atoms with van der Waals surface area (Å²) >= 11 is 0.